The molecular formula is C21H17NO3S. The van der Waals surface area contributed by atoms with Gasteiger partial charge in [-0.2, -0.15) is 0 Å². The molecule has 130 valence electrons. The van der Waals surface area contributed by atoms with Crippen molar-refractivity contribution in [3.05, 3.63) is 72.3 Å². The highest BCUT2D eigenvalue weighted by Crippen LogP contribution is 2.46. The lowest BCUT2D eigenvalue weighted by molar-refractivity contribution is -0.136. The summed E-state index contributed by atoms with van der Waals surface area (Å²) in [6.07, 6.45) is 0.265. The fourth-order valence-corrected chi connectivity index (χ4v) is 4.71. The summed E-state index contributed by atoms with van der Waals surface area (Å²) in [7, 11) is 0. The van der Waals surface area contributed by atoms with Crippen LogP contribution < -0.4 is 4.90 Å². The van der Waals surface area contributed by atoms with Crippen LogP contribution >= 0.6 is 11.8 Å². The zero-order valence-corrected chi connectivity index (χ0v) is 14.8. The molecule has 0 fully saturated rings. The van der Waals surface area contributed by atoms with E-state index in [0.717, 1.165) is 21.2 Å². The summed E-state index contributed by atoms with van der Waals surface area (Å²) in [4.78, 5) is 26.5. The van der Waals surface area contributed by atoms with Gasteiger partial charge in [-0.25, -0.2) is 0 Å². The molecule has 5 heteroatoms. The summed E-state index contributed by atoms with van der Waals surface area (Å²) in [5, 5.41) is 11.4. The molecule has 1 aliphatic rings. The quantitative estimate of drug-likeness (QED) is 0.745. The first-order valence-electron chi connectivity index (χ1n) is 8.39. The number of fused-ring (bicyclic) bond motifs is 2. The zero-order valence-electron chi connectivity index (χ0n) is 14.0. The lowest BCUT2D eigenvalue weighted by Crippen LogP contribution is -2.35. The number of rotatable bonds is 3. The average molecular weight is 363 g/mol. The third-order valence-electron chi connectivity index (χ3n) is 4.55. The van der Waals surface area contributed by atoms with E-state index in [9.17, 15) is 14.7 Å². The first kappa shape index (κ1) is 16.7. The number of thioether (sulfide) groups is 1. The smallest absolute Gasteiger partial charge is 0.323 e. The number of amides is 1. The fraction of sp³-hybridized carbons (Fsp3) is 0.143. The standard InChI is InChI=1S/C21H17NO3S/c23-20-12-19(16-9-5-7-14-6-1-2-8-15(14)16)26-18-11-4-3-10-17(18)22(20)13-21(24)25/h1-11,19H,12-13H2,(H,24,25). The minimum absolute atomic E-state index is 0.0615. The van der Waals surface area contributed by atoms with Crippen molar-refractivity contribution in [2.75, 3.05) is 11.4 Å². The van der Waals surface area contributed by atoms with Crippen molar-refractivity contribution >= 4 is 40.1 Å². The van der Waals surface area contributed by atoms with Crippen molar-refractivity contribution in [1.82, 2.24) is 0 Å². The van der Waals surface area contributed by atoms with Gasteiger partial charge < -0.3 is 10.0 Å². The van der Waals surface area contributed by atoms with E-state index in [0.29, 0.717) is 5.69 Å². The van der Waals surface area contributed by atoms with Crippen LogP contribution in [0, 0.1) is 0 Å². The maximum atomic E-state index is 12.9. The Balaban J connectivity index is 1.81. The molecule has 4 rings (SSSR count). The number of carbonyl (C=O) groups excluding carboxylic acids is 1. The molecular weight excluding hydrogens is 346 g/mol. The number of hydrogen-bond acceptors (Lipinski definition) is 3. The molecule has 1 atom stereocenters. The maximum Gasteiger partial charge on any atom is 0.323 e. The average Bonchev–Trinajstić information content (AvgIpc) is 2.78. The Morgan fingerprint density at radius 2 is 1.77 bits per heavy atom. The number of carboxylic acids is 1. The van der Waals surface area contributed by atoms with Crippen LogP contribution in [0.3, 0.4) is 0 Å². The van der Waals surface area contributed by atoms with Gasteiger partial charge in [0.1, 0.15) is 6.54 Å². The van der Waals surface area contributed by atoms with Crippen LogP contribution in [0.5, 0.6) is 0 Å². The van der Waals surface area contributed by atoms with E-state index >= 15 is 0 Å². The second-order valence-corrected chi connectivity index (χ2v) is 7.46. The summed E-state index contributed by atoms with van der Waals surface area (Å²) >= 11 is 1.62. The molecule has 1 heterocycles. The summed E-state index contributed by atoms with van der Waals surface area (Å²) in [5.74, 6) is -1.18. The van der Waals surface area contributed by atoms with Gasteiger partial charge in [0.15, 0.2) is 0 Å². The summed E-state index contributed by atoms with van der Waals surface area (Å²) in [6.45, 7) is -0.321. The van der Waals surface area contributed by atoms with E-state index in [1.165, 1.54) is 4.90 Å². The molecule has 3 aromatic carbocycles. The van der Waals surface area contributed by atoms with Crippen LogP contribution in [0.4, 0.5) is 5.69 Å². The fourth-order valence-electron chi connectivity index (χ4n) is 3.39. The number of benzene rings is 3. The summed E-state index contributed by atoms with van der Waals surface area (Å²) in [6, 6.07) is 21.8. The maximum absolute atomic E-state index is 12.9. The van der Waals surface area contributed by atoms with Crippen molar-refractivity contribution in [2.45, 2.75) is 16.6 Å². The van der Waals surface area contributed by atoms with E-state index in [4.69, 9.17) is 0 Å². The van der Waals surface area contributed by atoms with Crippen LogP contribution in [0.2, 0.25) is 0 Å². The minimum atomic E-state index is -1.01. The van der Waals surface area contributed by atoms with Crippen LogP contribution in [-0.4, -0.2) is 23.5 Å². The number of hydrogen-bond donors (Lipinski definition) is 1. The Morgan fingerprint density at radius 3 is 2.62 bits per heavy atom. The Bertz CT molecular complexity index is 996. The van der Waals surface area contributed by atoms with Gasteiger partial charge in [0.2, 0.25) is 5.91 Å². The Labute approximate surface area is 155 Å². The normalized spacial score (nSPS) is 17.0. The first-order chi connectivity index (χ1) is 12.6. The molecule has 26 heavy (non-hydrogen) atoms. The van der Waals surface area contributed by atoms with E-state index in [1.807, 2.05) is 42.5 Å². The Hall–Kier alpha value is -2.79. The highest BCUT2D eigenvalue weighted by Gasteiger charge is 2.30. The number of carbonyl (C=O) groups is 2. The van der Waals surface area contributed by atoms with E-state index in [-0.39, 0.29) is 24.1 Å². The van der Waals surface area contributed by atoms with E-state index in [1.54, 1.807) is 11.8 Å². The van der Waals surface area contributed by atoms with Crippen LogP contribution in [0.1, 0.15) is 17.2 Å². The molecule has 0 saturated heterocycles. The lowest BCUT2D eigenvalue weighted by atomic mass is 10.00. The monoisotopic (exact) mass is 363 g/mol. The predicted octanol–water partition coefficient (Wildman–Crippen LogP) is 4.49. The van der Waals surface area contributed by atoms with Crippen LogP contribution in [0.25, 0.3) is 10.8 Å². The van der Waals surface area contributed by atoms with E-state index in [2.05, 4.69) is 24.3 Å². The van der Waals surface area contributed by atoms with Gasteiger partial charge in [-0.3, -0.25) is 9.59 Å². The molecule has 1 unspecified atom stereocenters. The largest absolute Gasteiger partial charge is 0.480 e. The molecule has 3 aromatic rings. The molecule has 0 aromatic heterocycles. The van der Waals surface area contributed by atoms with Gasteiger partial charge in [-0.1, -0.05) is 54.6 Å². The van der Waals surface area contributed by atoms with Crippen molar-refractivity contribution in [3.63, 3.8) is 0 Å². The molecule has 0 aliphatic carbocycles. The van der Waals surface area contributed by atoms with Gasteiger partial charge in [0, 0.05) is 16.6 Å². The first-order valence-corrected chi connectivity index (χ1v) is 9.27. The lowest BCUT2D eigenvalue weighted by Gasteiger charge is -2.20. The third kappa shape index (κ3) is 3.06. The Morgan fingerprint density at radius 1 is 1.04 bits per heavy atom. The van der Waals surface area contributed by atoms with Gasteiger partial charge >= 0.3 is 5.97 Å². The molecule has 1 amide bonds. The SMILES string of the molecule is O=C(O)CN1C(=O)CC(c2cccc3ccccc23)Sc2ccccc21. The van der Waals surface area contributed by atoms with Gasteiger partial charge in [-0.05, 0) is 28.5 Å². The molecule has 1 N–H and O–H groups in total. The highest BCUT2D eigenvalue weighted by molar-refractivity contribution is 7.99. The molecule has 0 radical (unpaired) electrons. The van der Waals surface area contributed by atoms with Crippen LogP contribution in [0.15, 0.2) is 71.6 Å². The molecule has 0 spiro atoms. The number of anilines is 1. The Kier molecular flexibility index (Phi) is 4.39. The summed E-state index contributed by atoms with van der Waals surface area (Å²) < 4.78 is 0. The second-order valence-electron chi connectivity index (χ2n) is 6.22. The number of carboxylic acid groups (broad SMARTS) is 1. The minimum Gasteiger partial charge on any atom is -0.480 e. The van der Waals surface area contributed by atoms with Gasteiger partial charge in [-0.15, -0.1) is 11.8 Å². The molecule has 1 aliphatic heterocycles. The number of aliphatic carboxylic acids is 1. The van der Waals surface area contributed by atoms with Crippen molar-refractivity contribution in [1.29, 1.82) is 0 Å². The summed E-state index contributed by atoms with van der Waals surface area (Å²) in [5.41, 5.74) is 1.78. The highest BCUT2D eigenvalue weighted by atomic mass is 32.2. The number of para-hydroxylation sites is 1. The van der Waals surface area contributed by atoms with Crippen molar-refractivity contribution in [2.24, 2.45) is 0 Å². The third-order valence-corrected chi connectivity index (χ3v) is 5.85. The molecule has 0 saturated carbocycles. The number of nitrogens with zero attached hydrogens (tertiary/aromatic N) is 1. The van der Waals surface area contributed by atoms with Crippen molar-refractivity contribution < 1.29 is 14.7 Å². The second kappa shape index (κ2) is 6.84. The van der Waals surface area contributed by atoms with Gasteiger partial charge in [0.25, 0.3) is 0 Å². The van der Waals surface area contributed by atoms with E-state index < -0.39 is 5.97 Å². The van der Waals surface area contributed by atoms with Gasteiger partial charge in [0.05, 0.1) is 5.69 Å². The molecule has 4 nitrogen and oxygen atoms in total. The van der Waals surface area contributed by atoms with Crippen molar-refractivity contribution in [3.8, 4) is 0 Å². The van der Waals surface area contributed by atoms with Crippen LogP contribution in [-0.2, 0) is 9.59 Å². The predicted molar refractivity (Wildman–Crippen MR) is 104 cm³/mol. The zero-order chi connectivity index (χ0) is 18.1. The molecule has 0 bridgehead atoms. The topological polar surface area (TPSA) is 57.6 Å².